The first-order valence-electron chi connectivity index (χ1n) is 5.78. The van der Waals surface area contributed by atoms with Gasteiger partial charge in [0.2, 0.25) is 9.84 Å². The zero-order valence-electron chi connectivity index (χ0n) is 11.1. The lowest BCUT2D eigenvalue weighted by Crippen LogP contribution is -2.31. The Morgan fingerprint density at radius 1 is 1.26 bits per heavy atom. The molecule has 1 rings (SSSR count). The Labute approximate surface area is 112 Å². The summed E-state index contributed by atoms with van der Waals surface area (Å²) in [5.74, 6) is -3.42. The third kappa shape index (κ3) is 3.87. The molecular formula is C12H18F2N2O2S. The van der Waals surface area contributed by atoms with Crippen LogP contribution in [0, 0.1) is 0 Å². The van der Waals surface area contributed by atoms with Crippen LogP contribution in [0.2, 0.25) is 0 Å². The molecule has 0 aromatic heterocycles. The van der Waals surface area contributed by atoms with Crippen LogP contribution in [0.25, 0.3) is 0 Å². The highest BCUT2D eigenvalue weighted by atomic mass is 32.2. The van der Waals surface area contributed by atoms with Crippen molar-refractivity contribution in [2.75, 3.05) is 26.0 Å². The molecule has 1 atom stereocenters. The quantitative estimate of drug-likeness (QED) is 0.872. The van der Waals surface area contributed by atoms with E-state index in [1.165, 1.54) is 18.2 Å². The smallest absolute Gasteiger partial charge is 0.341 e. The first-order valence-corrected chi connectivity index (χ1v) is 7.33. The van der Waals surface area contributed by atoms with E-state index < -0.39 is 15.6 Å². The lowest BCUT2D eigenvalue weighted by atomic mass is 10.2. The van der Waals surface area contributed by atoms with Crippen molar-refractivity contribution in [3.8, 4) is 0 Å². The molecule has 1 unspecified atom stereocenters. The lowest BCUT2D eigenvalue weighted by molar-refractivity contribution is 0.235. The third-order valence-corrected chi connectivity index (χ3v) is 4.34. The van der Waals surface area contributed by atoms with Gasteiger partial charge in [-0.2, -0.15) is 8.78 Å². The van der Waals surface area contributed by atoms with Crippen molar-refractivity contribution in [1.29, 1.82) is 0 Å². The molecule has 0 amide bonds. The monoisotopic (exact) mass is 292 g/mol. The zero-order valence-corrected chi connectivity index (χ0v) is 11.9. The molecule has 19 heavy (non-hydrogen) atoms. The second-order valence-corrected chi connectivity index (χ2v) is 6.38. The number of anilines is 1. The SMILES string of the molecule is CC(CNc1ccccc1S(=O)(=O)C(F)F)N(C)C. The van der Waals surface area contributed by atoms with Crippen molar-refractivity contribution in [1.82, 2.24) is 4.90 Å². The van der Waals surface area contributed by atoms with E-state index in [0.29, 0.717) is 6.54 Å². The average Bonchev–Trinajstić information content (AvgIpc) is 2.35. The van der Waals surface area contributed by atoms with Crippen LogP contribution in [-0.4, -0.2) is 45.8 Å². The summed E-state index contributed by atoms with van der Waals surface area (Å²) in [5.41, 5.74) is 0.205. The summed E-state index contributed by atoms with van der Waals surface area (Å²) < 4.78 is 48.2. The highest BCUT2D eigenvalue weighted by molar-refractivity contribution is 7.91. The molecule has 0 fully saturated rings. The van der Waals surface area contributed by atoms with Crippen LogP contribution in [0.5, 0.6) is 0 Å². The number of hydrogen-bond acceptors (Lipinski definition) is 4. The number of benzene rings is 1. The number of nitrogens with one attached hydrogen (secondary N) is 1. The molecule has 0 radical (unpaired) electrons. The predicted octanol–water partition coefficient (Wildman–Crippen LogP) is 2.04. The molecule has 0 aliphatic heterocycles. The lowest BCUT2D eigenvalue weighted by Gasteiger charge is -2.21. The van der Waals surface area contributed by atoms with Crippen molar-refractivity contribution in [3.63, 3.8) is 0 Å². The molecule has 0 bridgehead atoms. The predicted molar refractivity (Wildman–Crippen MR) is 71.3 cm³/mol. The fourth-order valence-corrected chi connectivity index (χ4v) is 2.30. The standard InChI is InChI=1S/C12H18F2N2O2S/c1-9(16(2)3)8-15-10-6-4-5-7-11(10)19(17,18)12(13)14/h4-7,9,12,15H,8H2,1-3H3. The largest absolute Gasteiger partial charge is 0.382 e. The van der Waals surface area contributed by atoms with Gasteiger partial charge in [-0.3, -0.25) is 0 Å². The number of hydrogen-bond donors (Lipinski definition) is 1. The number of rotatable bonds is 6. The Morgan fingerprint density at radius 2 is 1.84 bits per heavy atom. The van der Waals surface area contributed by atoms with E-state index in [1.807, 2.05) is 25.9 Å². The van der Waals surface area contributed by atoms with Crippen LogP contribution in [0.1, 0.15) is 6.92 Å². The minimum absolute atomic E-state index is 0.141. The summed E-state index contributed by atoms with van der Waals surface area (Å²) in [7, 11) is -0.819. The molecule has 0 aliphatic carbocycles. The Bertz CT molecular complexity index is 518. The average molecular weight is 292 g/mol. The van der Waals surface area contributed by atoms with E-state index >= 15 is 0 Å². The number of nitrogens with zero attached hydrogens (tertiary/aromatic N) is 1. The van der Waals surface area contributed by atoms with E-state index in [9.17, 15) is 17.2 Å². The van der Waals surface area contributed by atoms with E-state index in [1.54, 1.807) is 6.07 Å². The maximum Gasteiger partial charge on any atom is 0.341 e. The minimum Gasteiger partial charge on any atom is -0.382 e. The molecule has 0 saturated heterocycles. The van der Waals surface area contributed by atoms with Crippen molar-refractivity contribution >= 4 is 15.5 Å². The molecule has 4 nitrogen and oxygen atoms in total. The number of alkyl halides is 2. The second-order valence-electron chi connectivity index (χ2n) is 4.50. The van der Waals surface area contributed by atoms with Crippen molar-refractivity contribution in [3.05, 3.63) is 24.3 Å². The van der Waals surface area contributed by atoms with Crippen LogP contribution in [0.4, 0.5) is 14.5 Å². The van der Waals surface area contributed by atoms with Crippen LogP contribution in [-0.2, 0) is 9.84 Å². The summed E-state index contributed by atoms with van der Waals surface area (Å²) in [6.07, 6.45) is 0. The summed E-state index contributed by atoms with van der Waals surface area (Å²) >= 11 is 0. The van der Waals surface area contributed by atoms with Crippen LogP contribution < -0.4 is 5.32 Å². The van der Waals surface area contributed by atoms with Gasteiger partial charge in [0, 0.05) is 12.6 Å². The first kappa shape index (κ1) is 15.8. The van der Waals surface area contributed by atoms with E-state index in [0.717, 1.165) is 0 Å². The summed E-state index contributed by atoms with van der Waals surface area (Å²) in [4.78, 5) is 1.58. The van der Waals surface area contributed by atoms with Gasteiger partial charge in [-0.25, -0.2) is 8.42 Å². The Morgan fingerprint density at radius 3 is 2.37 bits per heavy atom. The topological polar surface area (TPSA) is 49.4 Å². The molecule has 1 aromatic carbocycles. The number of para-hydroxylation sites is 1. The second kappa shape index (κ2) is 6.29. The van der Waals surface area contributed by atoms with Gasteiger partial charge in [-0.05, 0) is 33.2 Å². The van der Waals surface area contributed by atoms with Crippen molar-refractivity contribution in [2.45, 2.75) is 23.6 Å². The molecule has 7 heteroatoms. The van der Waals surface area contributed by atoms with E-state index in [4.69, 9.17) is 0 Å². The fourth-order valence-electron chi connectivity index (χ4n) is 1.40. The van der Waals surface area contributed by atoms with E-state index in [2.05, 4.69) is 5.32 Å². The van der Waals surface area contributed by atoms with Gasteiger partial charge in [-0.15, -0.1) is 0 Å². The molecule has 0 spiro atoms. The van der Waals surface area contributed by atoms with Gasteiger partial charge >= 0.3 is 5.76 Å². The summed E-state index contributed by atoms with van der Waals surface area (Å²) in [6.45, 7) is 2.40. The van der Waals surface area contributed by atoms with Gasteiger partial charge in [0.1, 0.15) is 0 Å². The van der Waals surface area contributed by atoms with Crippen LogP contribution >= 0.6 is 0 Å². The van der Waals surface area contributed by atoms with Gasteiger partial charge in [0.15, 0.2) is 0 Å². The number of sulfone groups is 1. The van der Waals surface area contributed by atoms with Crippen LogP contribution in [0.15, 0.2) is 29.2 Å². The Hall–Kier alpha value is -1.21. The van der Waals surface area contributed by atoms with Gasteiger partial charge in [0.25, 0.3) is 0 Å². The molecular weight excluding hydrogens is 274 g/mol. The first-order chi connectivity index (χ1) is 8.76. The third-order valence-electron chi connectivity index (χ3n) is 2.90. The Kier molecular flexibility index (Phi) is 5.25. The summed E-state index contributed by atoms with van der Waals surface area (Å²) in [5, 5.41) is 2.90. The number of likely N-dealkylation sites (N-methyl/N-ethyl adjacent to an activating group) is 1. The maximum atomic E-state index is 12.6. The Balaban J connectivity index is 2.98. The highest BCUT2D eigenvalue weighted by Crippen LogP contribution is 2.26. The van der Waals surface area contributed by atoms with Crippen LogP contribution in [0.3, 0.4) is 0 Å². The van der Waals surface area contributed by atoms with Gasteiger partial charge in [-0.1, -0.05) is 12.1 Å². The van der Waals surface area contributed by atoms with E-state index in [-0.39, 0.29) is 16.6 Å². The molecule has 108 valence electrons. The molecule has 0 saturated carbocycles. The van der Waals surface area contributed by atoms with Gasteiger partial charge < -0.3 is 10.2 Å². The normalized spacial score (nSPS) is 13.8. The molecule has 1 N–H and O–H groups in total. The minimum atomic E-state index is -4.59. The van der Waals surface area contributed by atoms with Crippen molar-refractivity contribution in [2.24, 2.45) is 0 Å². The van der Waals surface area contributed by atoms with Crippen molar-refractivity contribution < 1.29 is 17.2 Å². The number of halogens is 2. The molecule has 0 heterocycles. The van der Waals surface area contributed by atoms with Gasteiger partial charge in [0.05, 0.1) is 10.6 Å². The zero-order chi connectivity index (χ0) is 14.6. The maximum absolute atomic E-state index is 12.6. The summed E-state index contributed by atoms with van der Waals surface area (Å²) in [6, 6.07) is 5.84. The molecule has 0 aliphatic rings. The molecule has 1 aromatic rings. The fraction of sp³-hybridized carbons (Fsp3) is 0.500. The highest BCUT2D eigenvalue weighted by Gasteiger charge is 2.28.